The van der Waals surface area contributed by atoms with E-state index in [-0.39, 0.29) is 16.2 Å². The van der Waals surface area contributed by atoms with Gasteiger partial charge < -0.3 is 5.32 Å². The number of benzene rings is 1. The first-order valence-electron chi connectivity index (χ1n) is 5.91. The average molecular weight is 330 g/mol. The molecule has 3 nitrogen and oxygen atoms in total. The molecule has 2 aromatic rings. The Balaban J connectivity index is 1.94. The molecule has 0 aliphatic heterocycles. The van der Waals surface area contributed by atoms with Crippen molar-refractivity contribution in [3.63, 3.8) is 0 Å². The normalized spacial score (nSPS) is 10.3. The summed E-state index contributed by atoms with van der Waals surface area (Å²) in [5.41, 5.74) is 1.37. The minimum Gasteiger partial charge on any atom is -0.352 e. The molecule has 0 unspecified atom stereocenters. The molecule has 1 N–H and O–H groups in total. The SMILES string of the molecule is O=C(NCCc1ccccc1Cl)c1cc(Cl)nc(Cl)c1. The van der Waals surface area contributed by atoms with Crippen LogP contribution in [0, 0.1) is 0 Å². The molecule has 0 fully saturated rings. The molecular formula is C14H11Cl3N2O. The number of hydrogen-bond acceptors (Lipinski definition) is 2. The van der Waals surface area contributed by atoms with Crippen molar-refractivity contribution in [1.82, 2.24) is 10.3 Å². The number of halogens is 3. The van der Waals surface area contributed by atoms with Crippen LogP contribution in [0.15, 0.2) is 36.4 Å². The third-order valence-corrected chi connectivity index (χ3v) is 3.42. The van der Waals surface area contributed by atoms with Gasteiger partial charge in [0, 0.05) is 17.1 Å². The van der Waals surface area contributed by atoms with Gasteiger partial charge in [-0.15, -0.1) is 0 Å². The van der Waals surface area contributed by atoms with Crippen molar-refractivity contribution in [3.05, 3.63) is 62.9 Å². The fourth-order valence-electron chi connectivity index (χ4n) is 1.71. The quantitative estimate of drug-likeness (QED) is 0.861. The highest BCUT2D eigenvalue weighted by Crippen LogP contribution is 2.16. The van der Waals surface area contributed by atoms with Crippen molar-refractivity contribution in [2.45, 2.75) is 6.42 Å². The van der Waals surface area contributed by atoms with Gasteiger partial charge in [0.2, 0.25) is 0 Å². The summed E-state index contributed by atoms with van der Waals surface area (Å²) >= 11 is 17.5. The number of carbonyl (C=O) groups excluding carboxylic acids is 1. The molecule has 2 rings (SSSR count). The summed E-state index contributed by atoms with van der Waals surface area (Å²) in [5, 5.41) is 3.86. The molecule has 104 valence electrons. The predicted octanol–water partition coefficient (Wildman–Crippen LogP) is 4.01. The van der Waals surface area contributed by atoms with Crippen molar-refractivity contribution in [3.8, 4) is 0 Å². The fraction of sp³-hybridized carbons (Fsp3) is 0.143. The van der Waals surface area contributed by atoms with Crippen molar-refractivity contribution >= 4 is 40.7 Å². The van der Waals surface area contributed by atoms with Crippen LogP contribution < -0.4 is 5.32 Å². The highest BCUT2D eigenvalue weighted by molar-refractivity contribution is 6.33. The second kappa shape index (κ2) is 6.93. The first kappa shape index (κ1) is 15.1. The standard InChI is InChI=1S/C14H11Cl3N2O/c15-11-4-2-1-3-9(11)5-6-18-14(20)10-7-12(16)19-13(17)8-10/h1-4,7-8H,5-6H2,(H,18,20). The average Bonchev–Trinajstić information content (AvgIpc) is 2.39. The number of aromatic nitrogens is 1. The predicted molar refractivity (Wildman–Crippen MR) is 81.7 cm³/mol. The van der Waals surface area contributed by atoms with E-state index in [4.69, 9.17) is 34.8 Å². The van der Waals surface area contributed by atoms with E-state index in [1.165, 1.54) is 12.1 Å². The van der Waals surface area contributed by atoms with Gasteiger partial charge in [-0.2, -0.15) is 0 Å². The summed E-state index contributed by atoms with van der Waals surface area (Å²) in [4.78, 5) is 15.7. The lowest BCUT2D eigenvalue weighted by atomic mass is 10.1. The second-order valence-corrected chi connectivity index (χ2v) is 5.28. The zero-order valence-electron chi connectivity index (χ0n) is 10.4. The summed E-state index contributed by atoms with van der Waals surface area (Å²) < 4.78 is 0. The van der Waals surface area contributed by atoms with Crippen LogP contribution in [-0.4, -0.2) is 17.4 Å². The Morgan fingerprint density at radius 2 is 1.75 bits per heavy atom. The Kier molecular flexibility index (Phi) is 5.24. The van der Waals surface area contributed by atoms with Crippen LogP contribution >= 0.6 is 34.8 Å². The zero-order valence-corrected chi connectivity index (χ0v) is 12.6. The van der Waals surface area contributed by atoms with Gasteiger partial charge in [0.05, 0.1) is 0 Å². The maximum absolute atomic E-state index is 11.9. The number of rotatable bonds is 4. The van der Waals surface area contributed by atoms with Gasteiger partial charge in [0.1, 0.15) is 10.3 Å². The third kappa shape index (κ3) is 4.10. The van der Waals surface area contributed by atoms with Gasteiger partial charge in [0.15, 0.2) is 0 Å². The zero-order chi connectivity index (χ0) is 14.5. The van der Waals surface area contributed by atoms with Crippen molar-refractivity contribution in [2.75, 3.05) is 6.54 Å². The van der Waals surface area contributed by atoms with Crippen molar-refractivity contribution in [2.24, 2.45) is 0 Å². The van der Waals surface area contributed by atoms with E-state index in [0.29, 0.717) is 23.6 Å². The minimum atomic E-state index is -0.247. The third-order valence-electron chi connectivity index (χ3n) is 2.66. The maximum atomic E-state index is 11.9. The lowest BCUT2D eigenvalue weighted by Crippen LogP contribution is -2.25. The van der Waals surface area contributed by atoms with E-state index in [2.05, 4.69) is 10.3 Å². The molecule has 1 amide bonds. The minimum absolute atomic E-state index is 0.189. The summed E-state index contributed by atoms with van der Waals surface area (Å²) in [6.45, 7) is 0.472. The Labute approximate surface area is 131 Å². The second-order valence-electron chi connectivity index (χ2n) is 4.10. The molecule has 0 saturated heterocycles. The van der Waals surface area contributed by atoms with E-state index in [1.54, 1.807) is 0 Å². The molecule has 1 aromatic heterocycles. The molecule has 0 spiro atoms. The number of hydrogen-bond donors (Lipinski definition) is 1. The van der Waals surface area contributed by atoms with Crippen molar-refractivity contribution in [1.29, 1.82) is 0 Å². The molecule has 1 aromatic carbocycles. The molecule has 20 heavy (non-hydrogen) atoms. The van der Waals surface area contributed by atoms with Gasteiger partial charge >= 0.3 is 0 Å². The number of amides is 1. The smallest absolute Gasteiger partial charge is 0.251 e. The molecule has 0 aliphatic rings. The molecule has 0 saturated carbocycles. The van der Waals surface area contributed by atoms with Crippen LogP contribution in [0.25, 0.3) is 0 Å². The van der Waals surface area contributed by atoms with Gasteiger partial charge in [-0.3, -0.25) is 4.79 Å². The van der Waals surface area contributed by atoms with Crippen LogP contribution in [0.4, 0.5) is 0 Å². The molecule has 0 atom stereocenters. The Morgan fingerprint density at radius 1 is 1.10 bits per heavy atom. The molecular weight excluding hydrogens is 319 g/mol. The molecule has 0 aliphatic carbocycles. The Hall–Kier alpha value is -1.29. The van der Waals surface area contributed by atoms with Gasteiger partial charge in [-0.1, -0.05) is 53.0 Å². The van der Waals surface area contributed by atoms with Crippen molar-refractivity contribution < 1.29 is 4.79 Å². The van der Waals surface area contributed by atoms with Gasteiger partial charge in [0.25, 0.3) is 5.91 Å². The van der Waals surface area contributed by atoms with Crippen LogP contribution in [-0.2, 0) is 6.42 Å². The summed E-state index contributed by atoms with van der Waals surface area (Å²) in [7, 11) is 0. The highest BCUT2D eigenvalue weighted by Gasteiger charge is 2.08. The molecule has 1 heterocycles. The fourth-order valence-corrected chi connectivity index (χ4v) is 2.40. The van der Waals surface area contributed by atoms with Crippen LogP contribution in [0.5, 0.6) is 0 Å². The van der Waals surface area contributed by atoms with Gasteiger partial charge in [-0.05, 0) is 30.2 Å². The van der Waals surface area contributed by atoms with Crippen LogP contribution in [0.1, 0.15) is 15.9 Å². The first-order chi connectivity index (χ1) is 9.56. The monoisotopic (exact) mass is 328 g/mol. The van der Waals surface area contributed by atoms with E-state index >= 15 is 0 Å². The summed E-state index contributed by atoms with van der Waals surface area (Å²) in [6, 6.07) is 10.5. The Morgan fingerprint density at radius 3 is 2.40 bits per heavy atom. The lowest BCUT2D eigenvalue weighted by Gasteiger charge is -2.07. The van der Waals surface area contributed by atoms with Crippen LogP contribution in [0.2, 0.25) is 15.3 Å². The number of nitrogens with zero attached hydrogens (tertiary/aromatic N) is 1. The largest absolute Gasteiger partial charge is 0.352 e. The topological polar surface area (TPSA) is 42.0 Å². The Bertz CT molecular complexity index is 611. The maximum Gasteiger partial charge on any atom is 0.251 e. The van der Waals surface area contributed by atoms with E-state index in [0.717, 1.165) is 5.56 Å². The molecule has 0 radical (unpaired) electrons. The number of nitrogens with one attached hydrogen (secondary N) is 1. The van der Waals surface area contributed by atoms with E-state index < -0.39 is 0 Å². The first-order valence-corrected chi connectivity index (χ1v) is 7.04. The summed E-state index contributed by atoms with van der Waals surface area (Å²) in [5.74, 6) is -0.247. The van der Waals surface area contributed by atoms with Gasteiger partial charge in [-0.25, -0.2) is 4.98 Å². The number of pyridine rings is 1. The van der Waals surface area contributed by atoms with E-state index in [1.807, 2.05) is 24.3 Å². The van der Waals surface area contributed by atoms with Crippen LogP contribution in [0.3, 0.4) is 0 Å². The summed E-state index contributed by atoms with van der Waals surface area (Å²) in [6.07, 6.45) is 0.651. The highest BCUT2D eigenvalue weighted by atomic mass is 35.5. The number of carbonyl (C=O) groups is 1. The molecule has 6 heteroatoms. The van der Waals surface area contributed by atoms with E-state index in [9.17, 15) is 4.79 Å². The molecule has 0 bridgehead atoms. The lowest BCUT2D eigenvalue weighted by molar-refractivity contribution is 0.0954.